The van der Waals surface area contributed by atoms with Gasteiger partial charge in [0.2, 0.25) is 0 Å². The van der Waals surface area contributed by atoms with E-state index in [-0.39, 0.29) is 5.56 Å². The van der Waals surface area contributed by atoms with Crippen molar-refractivity contribution in [2.75, 3.05) is 0 Å². The lowest BCUT2D eigenvalue weighted by Gasteiger charge is -2.06. The number of rotatable bonds is 4. The molecule has 0 aliphatic carbocycles. The number of aromatic amines is 1. The van der Waals surface area contributed by atoms with Crippen molar-refractivity contribution < 1.29 is 0 Å². The smallest absolute Gasteiger partial charge is 0.271 e. The minimum absolute atomic E-state index is 0.178. The molecule has 0 saturated carbocycles. The van der Waals surface area contributed by atoms with Gasteiger partial charge in [0.05, 0.1) is 0 Å². The highest BCUT2D eigenvalue weighted by molar-refractivity contribution is 7.98. The van der Waals surface area contributed by atoms with Crippen molar-refractivity contribution in [3.05, 3.63) is 79.5 Å². The molecule has 0 aliphatic rings. The number of fused-ring (bicyclic) bond motifs is 1. The maximum atomic E-state index is 12.5. The second-order valence-corrected chi connectivity index (χ2v) is 8.46. The summed E-state index contributed by atoms with van der Waals surface area (Å²) in [6.07, 6.45) is 0. The van der Waals surface area contributed by atoms with Crippen LogP contribution in [0.25, 0.3) is 16.0 Å². The van der Waals surface area contributed by atoms with E-state index in [0.717, 1.165) is 11.3 Å². The molecule has 26 heavy (non-hydrogen) atoms. The summed E-state index contributed by atoms with van der Waals surface area (Å²) in [5.74, 6) is 0.615. The second kappa shape index (κ2) is 7.36. The van der Waals surface area contributed by atoms with Crippen LogP contribution in [0.4, 0.5) is 0 Å². The number of aromatic nitrogens is 3. The van der Waals surface area contributed by atoms with Crippen LogP contribution in [-0.4, -0.2) is 14.5 Å². The van der Waals surface area contributed by atoms with E-state index in [4.69, 9.17) is 23.8 Å². The molecule has 1 N–H and O–H groups in total. The van der Waals surface area contributed by atoms with Crippen LogP contribution in [0.2, 0.25) is 5.02 Å². The third-order valence-corrected chi connectivity index (χ3v) is 6.41. The summed E-state index contributed by atoms with van der Waals surface area (Å²) in [5.41, 5.74) is 2.29. The van der Waals surface area contributed by atoms with E-state index in [0.29, 0.717) is 30.2 Å². The van der Waals surface area contributed by atoms with Crippen LogP contribution in [0.1, 0.15) is 5.56 Å². The number of H-pyrrole nitrogens is 1. The molecule has 0 saturated heterocycles. The van der Waals surface area contributed by atoms with E-state index in [1.807, 2.05) is 59.2 Å². The highest BCUT2D eigenvalue weighted by Crippen LogP contribution is 2.27. The average molecular weight is 418 g/mol. The van der Waals surface area contributed by atoms with Gasteiger partial charge in [0.15, 0.2) is 14.8 Å². The number of nitrogens with one attached hydrogen (secondary N) is 1. The van der Waals surface area contributed by atoms with E-state index in [1.165, 1.54) is 23.1 Å². The molecule has 4 nitrogen and oxygen atoms in total. The van der Waals surface area contributed by atoms with Gasteiger partial charge in [-0.1, -0.05) is 71.1 Å². The van der Waals surface area contributed by atoms with Crippen LogP contribution in [0.3, 0.4) is 0 Å². The highest BCUT2D eigenvalue weighted by atomic mass is 35.5. The van der Waals surface area contributed by atoms with Crippen LogP contribution in [0, 0.1) is 3.95 Å². The number of nitrogens with zero attached hydrogens (tertiary/aromatic N) is 2. The minimum atomic E-state index is -0.178. The fourth-order valence-corrected chi connectivity index (χ4v) is 4.94. The van der Waals surface area contributed by atoms with Gasteiger partial charge in [-0.15, -0.1) is 0 Å². The first-order chi connectivity index (χ1) is 12.6. The number of thioether (sulfide) groups is 1. The van der Waals surface area contributed by atoms with Gasteiger partial charge < -0.3 is 4.98 Å². The molecule has 0 spiro atoms. The van der Waals surface area contributed by atoms with Crippen molar-refractivity contribution in [3.8, 4) is 5.69 Å². The quantitative estimate of drug-likeness (QED) is 0.272. The summed E-state index contributed by atoms with van der Waals surface area (Å²) in [5, 5.41) is 1.24. The third-order valence-electron chi connectivity index (χ3n) is 3.76. The summed E-state index contributed by atoms with van der Waals surface area (Å²) in [4.78, 5) is 20.0. The van der Waals surface area contributed by atoms with E-state index in [1.54, 1.807) is 0 Å². The topological polar surface area (TPSA) is 50.7 Å². The Kier molecular flexibility index (Phi) is 4.95. The Morgan fingerprint density at radius 1 is 1.15 bits per heavy atom. The number of hydrogen-bond donors (Lipinski definition) is 1. The van der Waals surface area contributed by atoms with Crippen molar-refractivity contribution in [3.63, 3.8) is 0 Å². The Morgan fingerprint density at radius 3 is 2.65 bits per heavy atom. The summed E-state index contributed by atoms with van der Waals surface area (Å²) >= 11 is 14.4. The molecule has 0 bridgehead atoms. The number of thiazole rings is 1. The van der Waals surface area contributed by atoms with Gasteiger partial charge in [-0.05, 0) is 36.0 Å². The van der Waals surface area contributed by atoms with Gasteiger partial charge in [-0.3, -0.25) is 9.36 Å². The molecule has 0 aliphatic heterocycles. The molecule has 2 heterocycles. The summed E-state index contributed by atoms with van der Waals surface area (Å²) in [7, 11) is 0. The maximum Gasteiger partial charge on any atom is 0.271 e. The van der Waals surface area contributed by atoms with Crippen molar-refractivity contribution in [2.24, 2.45) is 0 Å². The molecular formula is C18H12ClN3OS3. The zero-order valence-corrected chi connectivity index (χ0v) is 16.5. The number of para-hydroxylation sites is 1. The Morgan fingerprint density at radius 2 is 1.88 bits per heavy atom. The van der Waals surface area contributed by atoms with Crippen LogP contribution in [-0.2, 0) is 5.75 Å². The predicted molar refractivity (Wildman–Crippen MR) is 111 cm³/mol. The molecule has 130 valence electrons. The molecule has 4 aromatic rings. The van der Waals surface area contributed by atoms with Gasteiger partial charge in [0, 0.05) is 16.5 Å². The fourth-order valence-electron chi connectivity index (χ4n) is 2.53. The normalized spacial score (nSPS) is 11.1. The maximum absolute atomic E-state index is 12.5. The van der Waals surface area contributed by atoms with Crippen LogP contribution in [0.15, 0.2) is 64.5 Å². The predicted octanol–water partition coefficient (Wildman–Crippen LogP) is 5.45. The fraction of sp³-hybridized carbons (Fsp3) is 0.0556. The molecule has 4 rings (SSSR count). The SMILES string of the molecule is O=c1[nH]c(SCc2ccccc2Cl)nc2c1sc(=S)n2-c1ccccc1. The molecule has 8 heteroatoms. The number of benzene rings is 2. The lowest BCUT2D eigenvalue weighted by atomic mass is 10.2. The molecule has 0 radical (unpaired) electrons. The minimum Gasteiger partial charge on any atom is -0.300 e. The zero-order chi connectivity index (χ0) is 18.1. The summed E-state index contributed by atoms with van der Waals surface area (Å²) in [6, 6.07) is 17.3. The molecule has 2 aromatic carbocycles. The van der Waals surface area contributed by atoms with Gasteiger partial charge in [-0.2, -0.15) is 0 Å². The van der Waals surface area contributed by atoms with Crippen molar-refractivity contribution in [1.82, 2.24) is 14.5 Å². The zero-order valence-electron chi connectivity index (χ0n) is 13.3. The number of halogens is 1. The van der Waals surface area contributed by atoms with Gasteiger partial charge in [0.25, 0.3) is 5.56 Å². The Balaban J connectivity index is 1.77. The third kappa shape index (κ3) is 3.35. The second-order valence-electron chi connectivity index (χ2n) is 5.44. The van der Waals surface area contributed by atoms with Crippen molar-refractivity contribution in [2.45, 2.75) is 10.9 Å². The Labute approximate surface area is 167 Å². The van der Waals surface area contributed by atoms with E-state index < -0.39 is 0 Å². The molecule has 0 amide bonds. The van der Waals surface area contributed by atoms with Crippen molar-refractivity contribution in [1.29, 1.82) is 0 Å². The summed E-state index contributed by atoms with van der Waals surface area (Å²) < 4.78 is 2.96. The van der Waals surface area contributed by atoms with E-state index in [9.17, 15) is 4.79 Å². The largest absolute Gasteiger partial charge is 0.300 e. The first kappa shape index (κ1) is 17.5. The van der Waals surface area contributed by atoms with Gasteiger partial charge in [-0.25, -0.2) is 4.98 Å². The lowest BCUT2D eigenvalue weighted by molar-refractivity contribution is 0.943. The van der Waals surface area contributed by atoms with E-state index >= 15 is 0 Å². The first-order valence-corrected chi connectivity index (χ1v) is 10.3. The van der Waals surface area contributed by atoms with Gasteiger partial charge >= 0.3 is 0 Å². The monoisotopic (exact) mass is 417 g/mol. The molecule has 0 unspecified atom stereocenters. The molecule has 0 fully saturated rings. The van der Waals surface area contributed by atoms with Crippen LogP contribution in [0.5, 0.6) is 0 Å². The molecular weight excluding hydrogens is 406 g/mol. The molecule has 0 atom stereocenters. The summed E-state index contributed by atoms with van der Waals surface area (Å²) in [6.45, 7) is 0. The molecule has 2 aromatic heterocycles. The lowest BCUT2D eigenvalue weighted by Crippen LogP contribution is -2.09. The Hall–Kier alpha value is -1.93. The van der Waals surface area contributed by atoms with Gasteiger partial charge in [0.1, 0.15) is 4.70 Å². The first-order valence-electron chi connectivity index (χ1n) is 7.71. The van der Waals surface area contributed by atoms with Crippen molar-refractivity contribution >= 4 is 57.3 Å². The average Bonchev–Trinajstić information content (AvgIpc) is 2.98. The Bertz CT molecular complexity index is 1200. The highest BCUT2D eigenvalue weighted by Gasteiger charge is 2.14. The van der Waals surface area contributed by atoms with Crippen LogP contribution >= 0.6 is 46.9 Å². The van der Waals surface area contributed by atoms with Crippen LogP contribution < -0.4 is 5.56 Å². The standard InChI is InChI=1S/C18H12ClN3OS3/c19-13-9-5-4-6-11(13)10-25-17-20-15-14(16(23)21-17)26-18(24)22(15)12-7-2-1-3-8-12/h1-9H,10H2,(H,20,21,23). The van der Waals surface area contributed by atoms with E-state index in [2.05, 4.69) is 9.97 Å². The number of hydrogen-bond acceptors (Lipinski definition) is 5.